The minimum absolute atomic E-state index is 0.197. The number of para-hydroxylation sites is 1. The first-order valence-corrected chi connectivity index (χ1v) is 8.51. The molecule has 0 aliphatic carbocycles. The molecule has 0 unspecified atom stereocenters. The molecule has 0 heterocycles. The van der Waals surface area contributed by atoms with Crippen molar-refractivity contribution < 1.29 is 17.3 Å². The second-order valence-electron chi connectivity index (χ2n) is 4.69. The van der Waals surface area contributed by atoms with Crippen LogP contribution in [0.25, 0.3) is 0 Å². The van der Waals surface area contributed by atoms with E-state index in [4.69, 9.17) is 8.92 Å². The van der Waals surface area contributed by atoms with Crippen LogP contribution in [0.4, 0.5) is 0 Å². The minimum atomic E-state index is -3.35. The molecule has 0 bridgehead atoms. The predicted molar refractivity (Wildman–Crippen MR) is 82.1 cm³/mol. The number of benzene rings is 2. The van der Waals surface area contributed by atoms with Crippen molar-refractivity contribution in [2.45, 2.75) is 12.8 Å². The molecule has 0 N–H and O–H groups in total. The summed E-state index contributed by atoms with van der Waals surface area (Å²) in [7, 11) is -3.35. The number of rotatable bonds is 7. The minimum Gasteiger partial charge on any atom is -0.457 e. The Morgan fingerprint density at radius 1 is 0.952 bits per heavy atom. The molecule has 0 aliphatic heterocycles. The van der Waals surface area contributed by atoms with Gasteiger partial charge >= 0.3 is 0 Å². The fourth-order valence-corrected chi connectivity index (χ4v) is 2.30. The van der Waals surface area contributed by atoms with Crippen molar-refractivity contribution in [2.75, 3.05) is 12.9 Å². The molecule has 0 saturated heterocycles. The van der Waals surface area contributed by atoms with Gasteiger partial charge in [-0.25, -0.2) is 0 Å². The molecule has 4 nitrogen and oxygen atoms in total. The lowest BCUT2D eigenvalue weighted by atomic mass is 10.1. The first-order valence-electron chi connectivity index (χ1n) is 6.69. The van der Waals surface area contributed by atoms with Gasteiger partial charge in [-0.15, -0.1) is 0 Å². The van der Waals surface area contributed by atoms with E-state index < -0.39 is 10.1 Å². The molecule has 0 aliphatic rings. The third kappa shape index (κ3) is 5.97. The fourth-order valence-electron chi connectivity index (χ4n) is 1.88. The standard InChI is InChI=1S/C16H18O4S/c1-21(17,18)19-12-6-8-14-7-5-11-16(13-14)20-15-9-3-2-4-10-15/h2-5,7,9-11,13H,6,8,12H2,1H3. The Hall–Kier alpha value is -1.85. The Balaban J connectivity index is 1.89. The Kier molecular flexibility index (Phi) is 5.36. The van der Waals surface area contributed by atoms with Crippen LogP contribution in [-0.4, -0.2) is 21.3 Å². The van der Waals surface area contributed by atoms with Crippen LogP contribution in [0.5, 0.6) is 11.5 Å². The van der Waals surface area contributed by atoms with Crippen LogP contribution in [-0.2, 0) is 20.7 Å². The second kappa shape index (κ2) is 7.24. The zero-order chi connectivity index (χ0) is 15.1. The second-order valence-corrected chi connectivity index (χ2v) is 6.34. The van der Waals surface area contributed by atoms with Gasteiger partial charge in [0.15, 0.2) is 0 Å². The normalized spacial score (nSPS) is 11.3. The molecule has 0 radical (unpaired) electrons. The smallest absolute Gasteiger partial charge is 0.264 e. The van der Waals surface area contributed by atoms with E-state index in [1.165, 1.54) is 0 Å². The summed E-state index contributed by atoms with van der Waals surface area (Å²) in [5.74, 6) is 1.55. The lowest BCUT2D eigenvalue weighted by molar-refractivity contribution is 0.316. The van der Waals surface area contributed by atoms with Crippen LogP contribution in [0.15, 0.2) is 54.6 Å². The van der Waals surface area contributed by atoms with E-state index in [1.807, 2.05) is 54.6 Å². The zero-order valence-corrected chi connectivity index (χ0v) is 12.7. The molecule has 0 amide bonds. The average Bonchev–Trinajstić information content (AvgIpc) is 2.44. The van der Waals surface area contributed by atoms with Gasteiger partial charge in [0.1, 0.15) is 11.5 Å². The molecular weight excluding hydrogens is 288 g/mol. The van der Waals surface area contributed by atoms with E-state index in [9.17, 15) is 8.42 Å². The van der Waals surface area contributed by atoms with E-state index in [2.05, 4.69) is 0 Å². The van der Waals surface area contributed by atoms with Crippen molar-refractivity contribution in [2.24, 2.45) is 0 Å². The van der Waals surface area contributed by atoms with Crippen LogP contribution in [0.1, 0.15) is 12.0 Å². The Bertz CT molecular complexity index is 666. The lowest BCUT2D eigenvalue weighted by Gasteiger charge is -2.07. The molecular formula is C16H18O4S. The maximum absolute atomic E-state index is 10.9. The summed E-state index contributed by atoms with van der Waals surface area (Å²) in [5.41, 5.74) is 1.08. The summed E-state index contributed by atoms with van der Waals surface area (Å²) in [5, 5.41) is 0. The van der Waals surface area contributed by atoms with Gasteiger partial charge in [0.2, 0.25) is 0 Å². The summed E-state index contributed by atoms with van der Waals surface area (Å²) in [6.07, 6.45) is 2.44. The highest BCUT2D eigenvalue weighted by molar-refractivity contribution is 7.85. The number of ether oxygens (including phenoxy) is 1. The fraction of sp³-hybridized carbons (Fsp3) is 0.250. The molecule has 0 aromatic heterocycles. The topological polar surface area (TPSA) is 52.6 Å². The summed E-state index contributed by atoms with van der Waals surface area (Å²) < 4.78 is 32.2. The molecule has 112 valence electrons. The highest BCUT2D eigenvalue weighted by atomic mass is 32.2. The monoisotopic (exact) mass is 306 g/mol. The number of hydrogen-bond acceptors (Lipinski definition) is 4. The SMILES string of the molecule is CS(=O)(=O)OCCCc1cccc(Oc2ccccc2)c1. The Labute approximate surface area is 125 Å². The maximum Gasteiger partial charge on any atom is 0.264 e. The van der Waals surface area contributed by atoms with E-state index in [1.54, 1.807) is 0 Å². The molecule has 0 fully saturated rings. The van der Waals surface area contributed by atoms with Gasteiger partial charge in [0.05, 0.1) is 12.9 Å². The molecule has 5 heteroatoms. The third-order valence-corrected chi connectivity index (χ3v) is 3.38. The first kappa shape index (κ1) is 15.5. The highest BCUT2D eigenvalue weighted by Gasteiger charge is 2.02. The molecule has 2 aromatic carbocycles. The number of hydrogen-bond donors (Lipinski definition) is 0. The number of aryl methyl sites for hydroxylation is 1. The van der Waals surface area contributed by atoms with Gasteiger partial charge in [-0.05, 0) is 42.7 Å². The van der Waals surface area contributed by atoms with Gasteiger partial charge in [-0.3, -0.25) is 4.18 Å². The zero-order valence-electron chi connectivity index (χ0n) is 11.9. The van der Waals surface area contributed by atoms with Crippen molar-refractivity contribution in [3.8, 4) is 11.5 Å². The van der Waals surface area contributed by atoms with Gasteiger partial charge in [0.25, 0.3) is 10.1 Å². The molecule has 2 rings (SSSR count). The van der Waals surface area contributed by atoms with Crippen LogP contribution in [0.3, 0.4) is 0 Å². The van der Waals surface area contributed by atoms with Crippen LogP contribution >= 0.6 is 0 Å². The van der Waals surface area contributed by atoms with Gasteiger partial charge in [-0.1, -0.05) is 30.3 Å². The van der Waals surface area contributed by atoms with E-state index in [-0.39, 0.29) is 6.61 Å². The molecule has 0 atom stereocenters. The quantitative estimate of drug-likeness (QED) is 0.581. The van der Waals surface area contributed by atoms with Crippen molar-refractivity contribution in [1.29, 1.82) is 0 Å². The van der Waals surface area contributed by atoms with Crippen LogP contribution in [0, 0.1) is 0 Å². The molecule has 0 spiro atoms. The predicted octanol–water partition coefficient (Wildman–Crippen LogP) is 3.39. The summed E-state index contributed by atoms with van der Waals surface area (Å²) in [6, 6.07) is 17.3. The molecule has 0 saturated carbocycles. The van der Waals surface area contributed by atoms with Crippen molar-refractivity contribution in [1.82, 2.24) is 0 Å². The third-order valence-electron chi connectivity index (χ3n) is 2.78. The summed E-state index contributed by atoms with van der Waals surface area (Å²) in [6.45, 7) is 0.197. The lowest BCUT2D eigenvalue weighted by Crippen LogP contribution is -2.04. The van der Waals surface area contributed by atoms with Crippen molar-refractivity contribution >= 4 is 10.1 Å². The average molecular weight is 306 g/mol. The first-order chi connectivity index (χ1) is 10.0. The molecule has 2 aromatic rings. The van der Waals surface area contributed by atoms with Gasteiger partial charge in [0, 0.05) is 0 Å². The summed E-state index contributed by atoms with van der Waals surface area (Å²) in [4.78, 5) is 0. The van der Waals surface area contributed by atoms with Crippen molar-refractivity contribution in [3.63, 3.8) is 0 Å². The van der Waals surface area contributed by atoms with E-state index in [0.717, 1.165) is 29.7 Å². The summed E-state index contributed by atoms with van der Waals surface area (Å²) >= 11 is 0. The largest absolute Gasteiger partial charge is 0.457 e. The van der Waals surface area contributed by atoms with E-state index in [0.29, 0.717) is 6.42 Å². The molecule has 21 heavy (non-hydrogen) atoms. The Morgan fingerprint density at radius 2 is 1.67 bits per heavy atom. The van der Waals surface area contributed by atoms with Crippen molar-refractivity contribution in [3.05, 3.63) is 60.2 Å². The van der Waals surface area contributed by atoms with Crippen LogP contribution in [0.2, 0.25) is 0 Å². The highest BCUT2D eigenvalue weighted by Crippen LogP contribution is 2.22. The van der Waals surface area contributed by atoms with Gasteiger partial charge in [-0.2, -0.15) is 8.42 Å². The maximum atomic E-state index is 10.9. The van der Waals surface area contributed by atoms with Crippen LogP contribution < -0.4 is 4.74 Å². The van der Waals surface area contributed by atoms with Gasteiger partial charge < -0.3 is 4.74 Å². The van der Waals surface area contributed by atoms with E-state index >= 15 is 0 Å². The Morgan fingerprint density at radius 3 is 2.38 bits per heavy atom.